The highest BCUT2D eigenvalue weighted by Crippen LogP contribution is 2.22. The molecule has 1 rings (SSSR count). The van der Waals surface area contributed by atoms with Gasteiger partial charge in [0.25, 0.3) is 0 Å². The van der Waals surface area contributed by atoms with Crippen LogP contribution in [0.1, 0.15) is 52.1 Å². The van der Waals surface area contributed by atoms with E-state index in [-0.39, 0.29) is 11.9 Å². The summed E-state index contributed by atoms with van der Waals surface area (Å²) in [4.78, 5) is 2.47. The number of halogens is 1. The van der Waals surface area contributed by atoms with Gasteiger partial charge < -0.3 is 5.73 Å². The molecule has 0 aliphatic heterocycles. The van der Waals surface area contributed by atoms with Crippen molar-refractivity contribution in [3.8, 4) is 0 Å². The Kier molecular flexibility index (Phi) is 7.91. The molecule has 0 bridgehead atoms. The fourth-order valence-electron chi connectivity index (χ4n) is 2.45. The fraction of sp³-hybridized carbons (Fsp3) is 0.667. The molecule has 0 radical (unpaired) electrons. The van der Waals surface area contributed by atoms with Gasteiger partial charge in [0.2, 0.25) is 0 Å². The Morgan fingerprint density at radius 1 is 0.952 bits per heavy atom. The van der Waals surface area contributed by atoms with Gasteiger partial charge >= 0.3 is 0 Å². The van der Waals surface area contributed by atoms with Crippen LogP contribution in [0, 0.1) is 17.7 Å². The van der Waals surface area contributed by atoms with Crippen LogP contribution in [0.2, 0.25) is 0 Å². The lowest BCUT2D eigenvalue weighted by Gasteiger charge is -2.32. The largest absolute Gasteiger partial charge is 0.329 e. The molecule has 120 valence electrons. The van der Waals surface area contributed by atoms with Crippen LogP contribution < -0.4 is 5.73 Å². The molecule has 1 unspecified atom stereocenters. The minimum absolute atomic E-state index is 0.183. The second-order valence-electron chi connectivity index (χ2n) is 6.70. The lowest BCUT2D eigenvalue weighted by atomic mass is 10.0. The van der Waals surface area contributed by atoms with Gasteiger partial charge in [-0.15, -0.1) is 0 Å². The number of nitrogens with two attached hydrogens (primary N) is 1. The first-order valence-electron chi connectivity index (χ1n) is 8.13. The maximum absolute atomic E-state index is 13.1. The molecule has 2 N–H and O–H groups in total. The molecule has 0 aromatic heterocycles. The lowest BCUT2D eigenvalue weighted by Crippen LogP contribution is -2.36. The van der Waals surface area contributed by atoms with E-state index in [1.807, 2.05) is 12.1 Å². The van der Waals surface area contributed by atoms with Crippen molar-refractivity contribution in [1.29, 1.82) is 0 Å². The zero-order valence-electron chi connectivity index (χ0n) is 14.0. The van der Waals surface area contributed by atoms with E-state index in [1.54, 1.807) is 0 Å². The Labute approximate surface area is 129 Å². The molecular formula is C18H31FN2. The highest BCUT2D eigenvalue weighted by atomic mass is 19.1. The summed E-state index contributed by atoms with van der Waals surface area (Å²) in [6, 6.07) is 6.97. The first kappa shape index (κ1) is 18.1. The van der Waals surface area contributed by atoms with Gasteiger partial charge in [0.05, 0.1) is 0 Å². The van der Waals surface area contributed by atoms with Crippen LogP contribution in [0.4, 0.5) is 4.39 Å². The number of hydrogen-bond acceptors (Lipinski definition) is 2. The SMILES string of the molecule is CC(C)CCN(CCC(C)C)C(CN)c1ccc(F)cc1. The molecule has 21 heavy (non-hydrogen) atoms. The molecule has 1 aromatic rings. The second-order valence-corrected chi connectivity index (χ2v) is 6.70. The predicted octanol–water partition coefficient (Wildman–Crippen LogP) is 4.22. The van der Waals surface area contributed by atoms with Crippen molar-refractivity contribution in [3.63, 3.8) is 0 Å². The normalized spacial score (nSPS) is 13.4. The van der Waals surface area contributed by atoms with E-state index >= 15 is 0 Å². The summed E-state index contributed by atoms with van der Waals surface area (Å²) in [5.41, 5.74) is 7.14. The Morgan fingerprint density at radius 3 is 1.81 bits per heavy atom. The van der Waals surface area contributed by atoms with E-state index in [2.05, 4.69) is 32.6 Å². The van der Waals surface area contributed by atoms with Crippen LogP contribution in [-0.4, -0.2) is 24.5 Å². The third-order valence-corrected chi connectivity index (χ3v) is 3.91. The third-order valence-electron chi connectivity index (χ3n) is 3.91. The predicted molar refractivity (Wildman–Crippen MR) is 88.7 cm³/mol. The third kappa shape index (κ3) is 6.58. The summed E-state index contributed by atoms with van der Waals surface area (Å²) < 4.78 is 13.1. The Morgan fingerprint density at radius 2 is 1.43 bits per heavy atom. The minimum atomic E-state index is -0.189. The van der Waals surface area contributed by atoms with E-state index in [0.717, 1.165) is 31.5 Å². The average Bonchev–Trinajstić information content (AvgIpc) is 2.43. The standard InChI is InChI=1S/C18H31FN2/c1-14(2)9-11-21(12-10-15(3)4)18(13-20)16-5-7-17(19)8-6-16/h5-8,14-15,18H,9-13,20H2,1-4H3. The number of benzene rings is 1. The summed E-state index contributed by atoms with van der Waals surface area (Å²) in [5.74, 6) is 1.17. The molecule has 0 saturated heterocycles. The fourth-order valence-corrected chi connectivity index (χ4v) is 2.45. The van der Waals surface area contributed by atoms with E-state index in [4.69, 9.17) is 5.73 Å². The van der Waals surface area contributed by atoms with Gasteiger partial charge in [-0.25, -0.2) is 4.39 Å². The Balaban J connectivity index is 2.82. The van der Waals surface area contributed by atoms with Crippen molar-refractivity contribution in [2.75, 3.05) is 19.6 Å². The molecule has 0 amide bonds. The zero-order valence-corrected chi connectivity index (χ0v) is 14.0. The Hall–Kier alpha value is -0.930. The molecular weight excluding hydrogens is 263 g/mol. The molecule has 2 nitrogen and oxygen atoms in total. The Bertz CT molecular complexity index is 375. The van der Waals surface area contributed by atoms with E-state index < -0.39 is 0 Å². The van der Waals surface area contributed by atoms with Crippen molar-refractivity contribution in [2.24, 2.45) is 17.6 Å². The monoisotopic (exact) mass is 294 g/mol. The number of nitrogens with zero attached hydrogens (tertiary/aromatic N) is 1. The van der Waals surface area contributed by atoms with Crippen molar-refractivity contribution >= 4 is 0 Å². The quantitative estimate of drug-likeness (QED) is 0.739. The van der Waals surface area contributed by atoms with Gasteiger partial charge in [0, 0.05) is 12.6 Å². The molecule has 1 atom stereocenters. The van der Waals surface area contributed by atoms with Crippen LogP contribution in [0.25, 0.3) is 0 Å². The number of rotatable bonds is 9. The maximum Gasteiger partial charge on any atom is 0.123 e. The van der Waals surface area contributed by atoms with Gasteiger partial charge in [-0.3, -0.25) is 4.90 Å². The topological polar surface area (TPSA) is 29.3 Å². The van der Waals surface area contributed by atoms with Crippen LogP contribution in [0.5, 0.6) is 0 Å². The van der Waals surface area contributed by atoms with Gasteiger partial charge in [-0.1, -0.05) is 39.8 Å². The molecule has 0 saturated carbocycles. The van der Waals surface area contributed by atoms with Crippen molar-refractivity contribution in [2.45, 2.75) is 46.6 Å². The van der Waals surface area contributed by atoms with Crippen molar-refractivity contribution < 1.29 is 4.39 Å². The molecule has 0 fully saturated rings. The van der Waals surface area contributed by atoms with E-state index in [1.165, 1.54) is 12.1 Å². The van der Waals surface area contributed by atoms with Crippen LogP contribution >= 0.6 is 0 Å². The summed E-state index contributed by atoms with van der Waals surface area (Å²) >= 11 is 0. The number of hydrogen-bond donors (Lipinski definition) is 1. The maximum atomic E-state index is 13.1. The molecule has 1 aromatic carbocycles. The lowest BCUT2D eigenvalue weighted by molar-refractivity contribution is 0.181. The zero-order chi connectivity index (χ0) is 15.8. The first-order valence-corrected chi connectivity index (χ1v) is 8.13. The van der Waals surface area contributed by atoms with Gasteiger partial charge in [-0.05, 0) is 55.5 Å². The molecule has 0 aliphatic rings. The summed E-state index contributed by atoms with van der Waals surface area (Å²) in [6.07, 6.45) is 2.32. The van der Waals surface area contributed by atoms with Gasteiger partial charge in [0.15, 0.2) is 0 Å². The summed E-state index contributed by atoms with van der Waals surface area (Å²) in [5, 5.41) is 0. The van der Waals surface area contributed by atoms with E-state index in [0.29, 0.717) is 18.4 Å². The van der Waals surface area contributed by atoms with Crippen LogP contribution in [0.15, 0.2) is 24.3 Å². The van der Waals surface area contributed by atoms with Gasteiger partial charge in [-0.2, -0.15) is 0 Å². The van der Waals surface area contributed by atoms with Gasteiger partial charge in [0.1, 0.15) is 5.82 Å². The van der Waals surface area contributed by atoms with Crippen LogP contribution in [-0.2, 0) is 0 Å². The molecule has 0 heterocycles. The summed E-state index contributed by atoms with van der Waals surface area (Å²) in [7, 11) is 0. The van der Waals surface area contributed by atoms with Crippen molar-refractivity contribution in [1.82, 2.24) is 4.90 Å². The molecule has 0 spiro atoms. The average molecular weight is 294 g/mol. The second kappa shape index (κ2) is 9.16. The van der Waals surface area contributed by atoms with Crippen LogP contribution in [0.3, 0.4) is 0 Å². The minimum Gasteiger partial charge on any atom is -0.329 e. The molecule has 3 heteroatoms. The van der Waals surface area contributed by atoms with E-state index in [9.17, 15) is 4.39 Å². The highest BCUT2D eigenvalue weighted by Gasteiger charge is 2.19. The highest BCUT2D eigenvalue weighted by molar-refractivity contribution is 5.20. The first-order chi connectivity index (χ1) is 9.93. The smallest absolute Gasteiger partial charge is 0.123 e. The van der Waals surface area contributed by atoms with Crippen molar-refractivity contribution in [3.05, 3.63) is 35.6 Å². The summed E-state index contributed by atoms with van der Waals surface area (Å²) in [6.45, 7) is 11.6. The molecule has 0 aliphatic carbocycles.